The molecular weight excluding hydrogens is 226 g/mol. The van der Waals surface area contributed by atoms with Crippen molar-refractivity contribution in [2.75, 3.05) is 13.7 Å². The average Bonchev–Trinajstić information content (AvgIpc) is 2.80. The summed E-state index contributed by atoms with van der Waals surface area (Å²) in [5.74, 6) is -0.272. The molecule has 0 aliphatic carbocycles. The van der Waals surface area contributed by atoms with Crippen LogP contribution in [0.1, 0.15) is 11.4 Å². The van der Waals surface area contributed by atoms with Crippen LogP contribution in [0.3, 0.4) is 0 Å². The molecule has 0 saturated carbocycles. The molecule has 6 heteroatoms. The van der Waals surface area contributed by atoms with Crippen LogP contribution in [0.4, 0.5) is 0 Å². The first kappa shape index (κ1) is 11.1. The minimum absolute atomic E-state index is 0.215. The number of thiazole rings is 1. The Morgan fingerprint density at radius 2 is 2.50 bits per heavy atom. The third-order valence-corrected chi connectivity index (χ3v) is 3.18. The van der Waals surface area contributed by atoms with Crippen LogP contribution < -0.4 is 5.73 Å². The van der Waals surface area contributed by atoms with Crippen LogP contribution in [0.2, 0.25) is 0 Å². The number of fused-ring (bicyclic) bond motifs is 1. The molecular formula is C10H13N3O2S. The number of nitrogens with two attached hydrogens (primary N) is 1. The molecule has 2 N–H and O–H groups in total. The predicted octanol–water partition coefficient (Wildman–Crippen LogP) is 0.613. The summed E-state index contributed by atoms with van der Waals surface area (Å²) in [4.78, 5) is 16.3. The first-order valence-corrected chi connectivity index (χ1v) is 5.83. The van der Waals surface area contributed by atoms with Crippen molar-refractivity contribution >= 4 is 22.3 Å². The highest BCUT2D eigenvalue weighted by Gasteiger charge is 2.10. The van der Waals surface area contributed by atoms with Gasteiger partial charge in [0, 0.05) is 23.7 Å². The van der Waals surface area contributed by atoms with E-state index in [4.69, 9.17) is 5.73 Å². The van der Waals surface area contributed by atoms with Crippen LogP contribution in [-0.2, 0) is 22.4 Å². The zero-order valence-electron chi connectivity index (χ0n) is 8.97. The van der Waals surface area contributed by atoms with Crippen LogP contribution >= 0.6 is 11.3 Å². The largest absolute Gasteiger partial charge is 0.469 e. The van der Waals surface area contributed by atoms with Gasteiger partial charge >= 0.3 is 5.97 Å². The number of carbonyl (C=O) groups excluding carboxylic acids is 1. The molecule has 0 fully saturated rings. The van der Waals surface area contributed by atoms with Crippen molar-refractivity contribution in [3.63, 3.8) is 0 Å². The molecule has 2 aromatic heterocycles. The molecule has 0 aromatic carbocycles. The maximum atomic E-state index is 11.1. The Morgan fingerprint density at radius 3 is 3.19 bits per heavy atom. The van der Waals surface area contributed by atoms with Crippen molar-refractivity contribution in [2.45, 2.75) is 12.8 Å². The van der Waals surface area contributed by atoms with Crippen molar-refractivity contribution in [1.29, 1.82) is 0 Å². The molecule has 0 saturated heterocycles. The van der Waals surface area contributed by atoms with E-state index in [0.29, 0.717) is 6.54 Å². The van der Waals surface area contributed by atoms with E-state index in [1.807, 2.05) is 16.0 Å². The zero-order valence-corrected chi connectivity index (χ0v) is 9.79. The number of carbonyl (C=O) groups is 1. The summed E-state index contributed by atoms with van der Waals surface area (Å²) < 4.78 is 6.58. The fraction of sp³-hybridized carbons (Fsp3) is 0.400. The molecule has 0 spiro atoms. The maximum absolute atomic E-state index is 11.1. The third kappa shape index (κ3) is 2.07. The minimum atomic E-state index is -0.272. The van der Waals surface area contributed by atoms with Crippen molar-refractivity contribution in [3.05, 3.63) is 23.0 Å². The monoisotopic (exact) mass is 239 g/mol. The number of methoxy groups -OCH3 is 1. The van der Waals surface area contributed by atoms with Gasteiger partial charge in [0.15, 0.2) is 4.96 Å². The summed E-state index contributed by atoms with van der Waals surface area (Å²) in [7, 11) is 1.38. The number of esters is 1. The van der Waals surface area contributed by atoms with Crippen molar-refractivity contribution in [1.82, 2.24) is 9.38 Å². The topological polar surface area (TPSA) is 69.6 Å². The summed E-state index contributed by atoms with van der Waals surface area (Å²) in [5.41, 5.74) is 7.38. The van der Waals surface area contributed by atoms with Gasteiger partial charge in [0.2, 0.25) is 0 Å². The lowest BCUT2D eigenvalue weighted by atomic mass is 10.3. The molecule has 2 rings (SSSR count). The van der Waals surface area contributed by atoms with Crippen molar-refractivity contribution in [3.8, 4) is 0 Å². The molecule has 0 aliphatic rings. The van der Waals surface area contributed by atoms with E-state index in [1.165, 1.54) is 7.11 Å². The molecule has 0 atom stereocenters. The van der Waals surface area contributed by atoms with Gasteiger partial charge in [-0.3, -0.25) is 9.20 Å². The van der Waals surface area contributed by atoms with Gasteiger partial charge in [-0.15, -0.1) is 11.3 Å². The number of imidazole rings is 1. The second-order valence-corrected chi connectivity index (χ2v) is 4.24. The lowest BCUT2D eigenvalue weighted by Crippen LogP contribution is -2.05. The lowest BCUT2D eigenvalue weighted by molar-refractivity contribution is -0.139. The number of nitrogens with zero attached hydrogens (tertiary/aromatic N) is 2. The number of hydrogen-bond acceptors (Lipinski definition) is 5. The molecule has 0 bridgehead atoms. The standard InChI is InChI=1S/C10H13N3O2S/c1-15-9(14)4-7-5-13-8(2-3-11)6-16-10(13)12-7/h5-6H,2-4,11H2,1H3. The Labute approximate surface area is 96.8 Å². The number of aromatic nitrogens is 2. The molecule has 16 heavy (non-hydrogen) atoms. The molecule has 0 radical (unpaired) electrons. The average molecular weight is 239 g/mol. The molecule has 2 heterocycles. The van der Waals surface area contributed by atoms with Gasteiger partial charge in [0.1, 0.15) is 0 Å². The Kier molecular flexibility index (Phi) is 3.21. The smallest absolute Gasteiger partial charge is 0.311 e. The van der Waals surface area contributed by atoms with Crippen LogP contribution in [0.5, 0.6) is 0 Å². The fourth-order valence-electron chi connectivity index (χ4n) is 1.51. The van der Waals surface area contributed by atoms with E-state index in [-0.39, 0.29) is 12.4 Å². The Bertz CT molecular complexity index is 503. The van der Waals surface area contributed by atoms with Gasteiger partial charge < -0.3 is 10.5 Å². The van der Waals surface area contributed by atoms with Gasteiger partial charge in [-0.05, 0) is 6.54 Å². The van der Waals surface area contributed by atoms with Gasteiger partial charge in [0.25, 0.3) is 0 Å². The van der Waals surface area contributed by atoms with E-state index < -0.39 is 0 Å². The van der Waals surface area contributed by atoms with Gasteiger partial charge in [-0.2, -0.15) is 0 Å². The maximum Gasteiger partial charge on any atom is 0.311 e. The molecule has 2 aromatic rings. The SMILES string of the molecule is COC(=O)Cc1cn2c(CCN)csc2n1. The summed E-state index contributed by atoms with van der Waals surface area (Å²) in [6.45, 7) is 0.607. The van der Waals surface area contributed by atoms with E-state index in [9.17, 15) is 4.79 Å². The minimum Gasteiger partial charge on any atom is -0.469 e. The Hall–Kier alpha value is -1.40. The highest BCUT2D eigenvalue weighted by atomic mass is 32.1. The number of rotatable bonds is 4. The molecule has 0 amide bonds. The predicted molar refractivity (Wildman–Crippen MR) is 61.5 cm³/mol. The van der Waals surface area contributed by atoms with Gasteiger partial charge in [-0.25, -0.2) is 4.98 Å². The normalized spacial score (nSPS) is 10.9. The quantitative estimate of drug-likeness (QED) is 0.794. The van der Waals surface area contributed by atoms with Gasteiger partial charge in [0.05, 0.1) is 19.2 Å². The van der Waals surface area contributed by atoms with Crippen molar-refractivity contribution < 1.29 is 9.53 Å². The van der Waals surface area contributed by atoms with Gasteiger partial charge in [-0.1, -0.05) is 0 Å². The summed E-state index contributed by atoms with van der Waals surface area (Å²) in [5, 5.41) is 2.04. The summed E-state index contributed by atoms with van der Waals surface area (Å²) >= 11 is 1.55. The molecule has 0 unspecified atom stereocenters. The molecule has 5 nitrogen and oxygen atoms in total. The van der Waals surface area contributed by atoms with E-state index in [2.05, 4.69) is 9.72 Å². The highest BCUT2D eigenvalue weighted by molar-refractivity contribution is 7.15. The number of ether oxygens (including phenoxy) is 1. The Morgan fingerprint density at radius 1 is 1.69 bits per heavy atom. The summed E-state index contributed by atoms with van der Waals surface area (Å²) in [6, 6.07) is 0. The fourth-order valence-corrected chi connectivity index (χ4v) is 2.44. The number of hydrogen-bond donors (Lipinski definition) is 1. The van der Waals surface area contributed by atoms with E-state index in [0.717, 1.165) is 22.8 Å². The van der Waals surface area contributed by atoms with Crippen molar-refractivity contribution in [2.24, 2.45) is 5.73 Å². The van der Waals surface area contributed by atoms with Crippen LogP contribution in [-0.4, -0.2) is 29.0 Å². The van der Waals surface area contributed by atoms with Crippen LogP contribution in [0.15, 0.2) is 11.6 Å². The molecule has 0 aliphatic heterocycles. The second kappa shape index (κ2) is 4.63. The first-order chi connectivity index (χ1) is 7.74. The zero-order chi connectivity index (χ0) is 11.5. The van der Waals surface area contributed by atoms with E-state index in [1.54, 1.807) is 11.3 Å². The first-order valence-electron chi connectivity index (χ1n) is 4.96. The molecule has 86 valence electrons. The Balaban J connectivity index is 2.26. The highest BCUT2D eigenvalue weighted by Crippen LogP contribution is 2.17. The summed E-state index contributed by atoms with van der Waals surface area (Å²) in [6.07, 6.45) is 2.90. The van der Waals surface area contributed by atoms with Crippen LogP contribution in [0.25, 0.3) is 4.96 Å². The van der Waals surface area contributed by atoms with E-state index >= 15 is 0 Å². The second-order valence-electron chi connectivity index (χ2n) is 3.40. The lowest BCUT2D eigenvalue weighted by Gasteiger charge is -1.95. The van der Waals surface area contributed by atoms with Crippen LogP contribution in [0, 0.1) is 0 Å². The third-order valence-electron chi connectivity index (χ3n) is 2.29.